The van der Waals surface area contributed by atoms with E-state index in [4.69, 9.17) is 5.26 Å². The Morgan fingerprint density at radius 2 is 2.00 bits per heavy atom. The molecule has 0 saturated heterocycles. The molecule has 19 heavy (non-hydrogen) atoms. The Kier molecular flexibility index (Phi) is 4.59. The highest BCUT2D eigenvalue weighted by Gasteiger charge is 2.04. The first kappa shape index (κ1) is 13.6. The fourth-order valence-electron chi connectivity index (χ4n) is 1.87. The number of hydrogen-bond acceptors (Lipinski definition) is 2. The first-order valence-electron chi connectivity index (χ1n) is 6.01. The summed E-state index contributed by atoms with van der Waals surface area (Å²) in [5, 5.41) is 8.98. The quantitative estimate of drug-likeness (QED) is 0.821. The van der Waals surface area contributed by atoms with E-state index in [-0.39, 0.29) is 5.82 Å². The van der Waals surface area contributed by atoms with Gasteiger partial charge in [0.05, 0.1) is 11.6 Å². The van der Waals surface area contributed by atoms with Gasteiger partial charge in [0.25, 0.3) is 0 Å². The second kappa shape index (κ2) is 6.40. The molecule has 1 nitrogen and oxygen atoms in total. The van der Waals surface area contributed by atoms with Crippen LogP contribution in [-0.2, 0) is 11.5 Å². The van der Waals surface area contributed by atoms with E-state index in [2.05, 4.69) is 31.2 Å². The molecule has 0 amide bonds. The Morgan fingerprint density at radius 3 is 2.74 bits per heavy atom. The van der Waals surface area contributed by atoms with Gasteiger partial charge in [-0.05, 0) is 36.2 Å². The molecule has 0 aliphatic carbocycles. The lowest BCUT2D eigenvalue weighted by Crippen LogP contribution is -1.90. The van der Waals surface area contributed by atoms with Gasteiger partial charge < -0.3 is 0 Å². The summed E-state index contributed by atoms with van der Waals surface area (Å²) in [6, 6.07) is 14.7. The minimum Gasteiger partial charge on any atom is -0.207 e. The fourth-order valence-corrected chi connectivity index (χ4v) is 2.85. The second-order valence-electron chi connectivity index (χ2n) is 4.40. The van der Waals surface area contributed by atoms with Crippen LogP contribution in [0.2, 0.25) is 0 Å². The second-order valence-corrected chi connectivity index (χ2v) is 5.38. The molecule has 2 aromatic rings. The van der Waals surface area contributed by atoms with Gasteiger partial charge in [-0.3, -0.25) is 0 Å². The summed E-state index contributed by atoms with van der Waals surface area (Å²) in [6.07, 6.45) is 0. The Morgan fingerprint density at radius 1 is 1.16 bits per heavy atom. The molecule has 0 saturated carbocycles. The van der Waals surface area contributed by atoms with Crippen LogP contribution in [0.5, 0.6) is 0 Å². The first-order chi connectivity index (χ1) is 9.19. The summed E-state index contributed by atoms with van der Waals surface area (Å²) in [7, 11) is 0. The van der Waals surface area contributed by atoms with Crippen molar-refractivity contribution in [1.29, 1.82) is 5.26 Å². The molecule has 0 bridgehead atoms. The summed E-state index contributed by atoms with van der Waals surface area (Å²) in [5.41, 5.74) is 3.81. The van der Waals surface area contributed by atoms with Crippen LogP contribution >= 0.6 is 11.8 Å². The van der Waals surface area contributed by atoms with E-state index in [0.29, 0.717) is 11.3 Å². The van der Waals surface area contributed by atoms with Crippen LogP contribution in [0.25, 0.3) is 0 Å². The van der Waals surface area contributed by atoms with Crippen molar-refractivity contribution in [1.82, 2.24) is 0 Å². The Labute approximate surface area is 117 Å². The summed E-state index contributed by atoms with van der Waals surface area (Å²) in [4.78, 5) is 0. The molecule has 0 aliphatic rings. The van der Waals surface area contributed by atoms with Gasteiger partial charge in [0.1, 0.15) is 5.82 Å². The third-order valence-electron chi connectivity index (χ3n) is 2.80. The lowest BCUT2D eigenvalue weighted by atomic mass is 10.1. The number of nitriles is 1. The number of hydrogen-bond donors (Lipinski definition) is 0. The van der Waals surface area contributed by atoms with Crippen molar-refractivity contribution in [2.24, 2.45) is 0 Å². The van der Waals surface area contributed by atoms with Gasteiger partial charge in [0, 0.05) is 11.5 Å². The molecular weight excluding hydrogens is 257 g/mol. The van der Waals surface area contributed by atoms with Crippen LogP contribution in [0.1, 0.15) is 22.3 Å². The molecule has 0 spiro atoms. The smallest absolute Gasteiger partial charge is 0.123 e. The maximum absolute atomic E-state index is 13.2. The van der Waals surface area contributed by atoms with E-state index in [9.17, 15) is 4.39 Å². The minimum atomic E-state index is -0.287. The van der Waals surface area contributed by atoms with Crippen molar-refractivity contribution in [3.63, 3.8) is 0 Å². The molecule has 2 rings (SSSR count). The number of aryl methyl sites for hydroxylation is 1. The summed E-state index contributed by atoms with van der Waals surface area (Å²) >= 11 is 1.69. The Hall–Kier alpha value is -1.79. The molecule has 96 valence electrons. The first-order valence-corrected chi connectivity index (χ1v) is 7.16. The van der Waals surface area contributed by atoms with Crippen molar-refractivity contribution in [3.8, 4) is 6.07 Å². The Balaban J connectivity index is 2.00. The predicted molar refractivity (Wildman–Crippen MR) is 77.3 cm³/mol. The molecule has 2 aromatic carbocycles. The zero-order chi connectivity index (χ0) is 13.7. The molecule has 0 heterocycles. The Bertz CT molecular complexity index is 616. The van der Waals surface area contributed by atoms with E-state index in [1.807, 2.05) is 6.07 Å². The van der Waals surface area contributed by atoms with Crippen LogP contribution in [0, 0.1) is 24.1 Å². The molecule has 0 aromatic heterocycles. The maximum atomic E-state index is 13.2. The highest BCUT2D eigenvalue weighted by molar-refractivity contribution is 7.97. The van der Waals surface area contributed by atoms with E-state index >= 15 is 0 Å². The zero-order valence-corrected chi connectivity index (χ0v) is 11.5. The van der Waals surface area contributed by atoms with E-state index < -0.39 is 0 Å². The molecule has 0 fully saturated rings. The summed E-state index contributed by atoms with van der Waals surface area (Å²) in [5.74, 6) is 1.22. The molecule has 0 aliphatic heterocycles. The fraction of sp³-hybridized carbons (Fsp3) is 0.188. The number of thioether (sulfide) groups is 1. The summed E-state index contributed by atoms with van der Waals surface area (Å²) in [6.45, 7) is 2.06. The normalized spacial score (nSPS) is 10.2. The third-order valence-corrected chi connectivity index (χ3v) is 3.85. The largest absolute Gasteiger partial charge is 0.207 e. The van der Waals surface area contributed by atoms with E-state index in [0.717, 1.165) is 11.3 Å². The van der Waals surface area contributed by atoms with Crippen molar-refractivity contribution < 1.29 is 4.39 Å². The zero-order valence-electron chi connectivity index (χ0n) is 10.7. The molecule has 0 radical (unpaired) electrons. The molecule has 3 heteroatoms. The van der Waals surface area contributed by atoms with Gasteiger partial charge in [-0.2, -0.15) is 17.0 Å². The number of nitrogens with zero attached hydrogens (tertiary/aromatic N) is 1. The van der Waals surface area contributed by atoms with Crippen LogP contribution in [-0.4, -0.2) is 0 Å². The third kappa shape index (κ3) is 3.84. The highest BCUT2D eigenvalue weighted by Crippen LogP contribution is 2.21. The molecule has 0 unspecified atom stereocenters. The van der Waals surface area contributed by atoms with Gasteiger partial charge in [0.2, 0.25) is 0 Å². The van der Waals surface area contributed by atoms with Crippen LogP contribution in [0.3, 0.4) is 0 Å². The van der Waals surface area contributed by atoms with Crippen LogP contribution in [0.4, 0.5) is 4.39 Å². The van der Waals surface area contributed by atoms with Gasteiger partial charge >= 0.3 is 0 Å². The SMILES string of the molecule is Cc1cccc(CSCc2cc(F)ccc2C#N)c1. The average molecular weight is 271 g/mol. The van der Waals surface area contributed by atoms with Crippen molar-refractivity contribution in [2.45, 2.75) is 18.4 Å². The topological polar surface area (TPSA) is 23.8 Å². The highest BCUT2D eigenvalue weighted by atomic mass is 32.2. The average Bonchev–Trinajstić information content (AvgIpc) is 2.39. The number of halogens is 1. The number of benzene rings is 2. The van der Waals surface area contributed by atoms with Gasteiger partial charge in [0.15, 0.2) is 0 Å². The lowest BCUT2D eigenvalue weighted by molar-refractivity contribution is 0.626. The molecule has 0 atom stereocenters. The van der Waals surface area contributed by atoms with Crippen molar-refractivity contribution in [2.75, 3.05) is 0 Å². The van der Waals surface area contributed by atoms with Crippen LogP contribution in [0.15, 0.2) is 42.5 Å². The molecule has 0 N–H and O–H groups in total. The van der Waals surface area contributed by atoms with E-state index in [1.54, 1.807) is 11.8 Å². The van der Waals surface area contributed by atoms with Crippen molar-refractivity contribution >= 4 is 11.8 Å². The monoisotopic (exact) mass is 271 g/mol. The molecular formula is C16H14FNS. The van der Waals surface area contributed by atoms with Gasteiger partial charge in [-0.15, -0.1) is 0 Å². The van der Waals surface area contributed by atoms with E-state index in [1.165, 1.54) is 29.3 Å². The minimum absolute atomic E-state index is 0.287. The van der Waals surface area contributed by atoms with Gasteiger partial charge in [-0.1, -0.05) is 29.8 Å². The summed E-state index contributed by atoms with van der Waals surface area (Å²) < 4.78 is 13.2. The lowest BCUT2D eigenvalue weighted by Gasteiger charge is -2.05. The standard InChI is InChI=1S/C16H14FNS/c1-12-3-2-4-13(7-12)10-19-11-15-8-16(17)6-5-14(15)9-18/h2-8H,10-11H2,1H3. The van der Waals surface area contributed by atoms with Gasteiger partial charge in [-0.25, -0.2) is 4.39 Å². The number of rotatable bonds is 4. The predicted octanol–water partition coefficient (Wildman–Crippen LogP) is 4.44. The maximum Gasteiger partial charge on any atom is 0.123 e. The van der Waals surface area contributed by atoms with Crippen LogP contribution < -0.4 is 0 Å². The van der Waals surface area contributed by atoms with Crippen molar-refractivity contribution in [3.05, 3.63) is 70.5 Å².